The second-order valence-corrected chi connectivity index (χ2v) is 7.29. The fourth-order valence-electron chi connectivity index (χ4n) is 1.51. The number of thiophene rings is 1. The van der Waals surface area contributed by atoms with Gasteiger partial charge in [0.2, 0.25) is 0 Å². The third kappa shape index (κ3) is 2.64. The van der Waals surface area contributed by atoms with E-state index in [1.165, 1.54) is 11.3 Å². The average Bonchev–Trinajstić information content (AvgIpc) is 2.62. The maximum atomic E-state index is 13.6. The fourth-order valence-corrected chi connectivity index (χ4v) is 4.44. The lowest BCUT2D eigenvalue weighted by Crippen LogP contribution is -2.14. The Labute approximate surface area is 122 Å². The molecule has 1 atom stereocenters. The molecule has 1 heterocycles. The maximum absolute atomic E-state index is 13.6. The van der Waals surface area contributed by atoms with Crippen LogP contribution in [0.3, 0.4) is 0 Å². The van der Waals surface area contributed by atoms with Crippen molar-refractivity contribution in [2.24, 2.45) is 5.73 Å². The van der Waals surface area contributed by atoms with Gasteiger partial charge in [0.25, 0.3) is 0 Å². The summed E-state index contributed by atoms with van der Waals surface area (Å²) in [5.74, 6) is -3.21. The van der Waals surface area contributed by atoms with Crippen LogP contribution >= 0.6 is 43.2 Å². The molecule has 0 aliphatic carbocycles. The third-order valence-electron chi connectivity index (χ3n) is 2.39. The summed E-state index contributed by atoms with van der Waals surface area (Å²) in [5.41, 5.74) is 6.40. The first-order valence-corrected chi connectivity index (χ1v) is 7.15. The highest BCUT2D eigenvalue weighted by Gasteiger charge is 2.20. The van der Waals surface area contributed by atoms with Gasteiger partial charge in [-0.3, -0.25) is 0 Å². The van der Waals surface area contributed by atoms with Crippen LogP contribution in [-0.4, -0.2) is 0 Å². The lowest BCUT2D eigenvalue weighted by molar-refractivity contribution is 0.487. The van der Waals surface area contributed by atoms with Crippen LogP contribution in [0.4, 0.5) is 13.2 Å². The Hall–Kier alpha value is -0.370. The Bertz CT molecular complexity index is 600. The molecule has 0 bridgehead atoms. The van der Waals surface area contributed by atoms with Crippen molar-refractivity contribution in [3.8, 4) is 0 Å². The smallest absolute Gasteiger partial charge is 0.161 e. The molecule has 1 nitrogen and oxygen atoms in total. The summed E-state index contributed by atoms with van der Waals surface area (Å²) in [6.45, 7) is 0. The fraction of sp³-hybridized carbons (Fsp3) is 0.0909. The zero-order valence-corrected chi connectivity index (χ0v) is 12.7. The summed E-state index contributed by atoms with van der Waals surface area (Å²) in [7, 11) is 0. The van der Waals surface area contributed by atoms with Gasteiger partial charge in [-0.25, -0.2) is 13.2 Å². The van der Waals surface area contributed by atoms with Gasteiger partial charge in [-0.2, -0.15) is 0 Å². The van der Waals surface area contributed by atoms with Crippen molar-refractivity contribution in [3.05, 3.63) is 54.4 Å². The van der Waals surface area contributed by atoms with Gasteiger partial charge >= 0.3 is 0 Å². The molecule has 0 saturated heterocycles. The van der Waals surface area contributed by atoms with E-state index in [4.69, 9.17) is 5.73 Å². The molecular weight excluding hydrogens is 395 g/mol. The summed E-state index contributed by atoms with van der Waals surface area (Å²) in [6.07, 6.45) is 0. The maximum Gasteiger partial charge on any atom is 0.161 e. The Kier molecular flexibility index (Phi) is 4.15. The highest BCUT2D eigenvalue weighted by molar-refractivity contribution is 9.12. The number of hydrogen-bond acceptors (Lipinski definition) is 2. The predicted octanol–water partition coefficient (Wildman–Crippen LogP) is 4.74. The topological polar surface area (TPSA) is 26.0 Å². The van der Waals surface area contributed by atoms with Crippen LogP contribution in [0.1, 0.15) is 17.2 Å². The van der Waals surface area contributed by atoms with Crippen LogP contribution in [0.15, 0.2) is 25.8 Å². The van der Waals surface area contributed by atoms with Crippen molar-refractivity contribution in [3.63, 3.8) is 0 Å². The molecule has 7 heteroatoms. The van der Waals surface area contributed by atoms with Crippen molar-refractivity contribution in [1.82, 2.24) is 0 Å². The molecule has 18 heavy (non-hydrogen) atoms. The lowest BCUT2D eigenvalue weighted by atomic mass is 10.0. The first kappa shape index (κ1) is 14.0. The third-order valence-corrected chi connectivity index (χ3v) is 4.78. The van der Waals surface area contributed by atoms with Crippen LogP contribution < -0.4 is 5.73 Å². The highest BCUT2D eigenvalue weighted by atomic mass is 79.9. The number of benzene rings is 1. The van der Waals surface area contributed by atoms with Crippen molar-refractivity contribution < 1.29 is 13.2 Å². The van der Waals surface area contributed by atoms with Gasteiger partial charge in [0.05, 0.1) is 13.6 Å². The Morgan fingerprint density at radius 1 is 0.944 bits per heavy atom. The second-order valence-electron chi connectivity index (χ2n) is 3.55. The van der Waals surface area contributed by atoms with E-state index in [9.17, 15) is 13.2 Å². The lowest BCUT2D eigenvalue weighted by Gasteiger charge is -2.12. The first-order valence-electron chi connectivity index (χ1n) is 4.75. The molecule has 1 aromatic heterocycles. The zero-order chi connectivity index (χ0) is 13.4. The number of halogens is 5. The molecule has 0 spiro atoms. The first-order chi connectivity index (χ1) is 8.40. The summed E-state index contributed by atoms with van der Waals surface area (Å²) in [4.78, 5) is 0. The van der Waals surface area contributed by atoms with Gasteiger partial charge in [-0.1, -0.05) is 0 Å². The van der Waals surface area contributed by atoms with E-state index in [-0.39, 0.29) is 5.56 Å². The minimum atomic E-state index is -1.23. The van der Waals surface area contributed by atoms with Crippen LogP contribution in [0, 0.1) is 17.5 Å². The molecule has 0 amide bonds. The summed E-state index contributed by atoms with van der Waals surface area (Å²) in [6, 6.07) is 2.13. The summed E-state index contributed by atoms with van der Waals surface area (Å²) >= 11 is 7.93. The quantitative estimate of drug-likeness (QED) is 0.724. The van der Waals surface area contributed by atoms with E-state index in [0.29, 0.717) is 15.4 Å². The van der Waals surface area contributed by atoms with Gasteiger partial charge in [0.15, 0.2) is 11.6 Å². The van der Waals surface area contributed by atoms with E-state index in [1.54, 1.807) is 6.07 Å². The molecule has 96 valence electrons. The minimum Gasteiger partial charge on any atom is -0.320 e. The van der Waals surface area contributed by atoms with Gasteiger partial charge in [-0.05, 0) is 49.6 Å². The van der Waals surface area contributed by atoms with Gasteiger partial charge < -0.3 is 5.73 Å². The molecule has 1 aromatic carbocycles. The number of rotatable bonds is 2. The molecule has 0 saturated carbocycles. The van der Waals surface area contributed by atoms with Crippen molar-refractivity contribution in [2.75, 3.05) is 0 Å². The molecule has 1 unspecified atom stereocenters. The molecule has 0 fully saturated rings. The molecule has 0 aliphatic rings. The van der Waals surface area contributed by atoms with Crippen LogP contribution in [0.2, 0.25) is 0 Å². The predicted molar refractivity (Wildman–Crippen MR) is 72.1 cm³/mol. The van der Waals surface area contributed by atoms with Crippen molar-refractivity contribution in [1.29, 1.82) is 0 Å². The largest absolute Gasteiger partial charge is 0.320 e. The summed E-state index contributed by atoms with van der Waals surface area (Å²) in [5, 5.41) is 0. The van der Waals surface area contributed by atoms with Crippen LogP contribution in [0.5, 0.6) is 0 Å². The normalized spacial score (nSPS) is 12.8. The SMILES string of the molecule is NC(c1cc(F)c(F)cc1F)c1cc(Br)sc1Br. The standard InChI is InChI=1S/C11H6Br2F3NS/c12-9-2-5(11(13)18-9)10(17)4-1-7(15)8(16)3-6(4)14/h1-3,10H,17H2. The molecule has 0 radical (unpaired) electrons. The van der Waals surface area contributed by atoms with Gasteiger partial charge in [-0.15, -0.1) is 11.3 Å². The molecule has 0 aliphatic heterocycles. The van der Waals surface area contributed by atoms with Crippen molar-refractivity contribution >= 4 is 43.2 Å². The molecular formula is C11H6Br2F3NS. The van der Waals surface area contributed by atoms with E-state index < -0.39 is 23.5 Å². The average molecular weight is 401 g/mol. The monoisotopic (exact) mass is 399 g/mol. The van der Waals surface area contributed by atoms with E-state index >= 15 is 0 Å². The zero-order valence-electron chi connectivity index (χ0n) is 8.68. The van der Waals surface area contributed by atoms with Crippen LogP contribution in [-0.2, 0) is 0 Å². The van der Waals surface area contributed by atoms with E-state index in [0.717, 1.165) is 9.85 Å². The van der Waals surface area contributed by atoms with E-state index in [1.807, 2.05) is 0 Å². The molecule has 2 N–H and O–H groups in total. The van der Waals surface area contributed by atoms with Gasteiger partial charge in [0, 0.05) is 11.6 Å². The van der Waals surface area contributed by atoms with Crippen molar-refractivity contribution in [2.45, 2.75) is 6.04 Å². The number of hydrogen-bond donors (Lipinski definition) is 1. The Morgan fingerprint density at radius 2 is 1.56 bits per heavy atom. The van der Waals surface area contributed by atoms with Gasteiger partial charge in [0.1, 0.15) is 5.82 Å². The van der Waals surface area contributed by atoms with Crippen LogP contribution in [0.25, 0.3) is 0 Å². The van der Waals surface area contributed by atoms with E-state index in [2.05, 4.69) is 31.9 Å². The Balaban J connectivity index is 2.49. The highest BCUT2D eigenvalue weighted by Crippen LogP contribution is 2.37. The second kappa shape index (κ2) is 5.32. The molecule has 2 aromatic rings. The summed E-state index contributed by atoms with van der Waals surface area (Å²) < 4.78 is 41.1. The number of nitrogens with two attached hydrogens (primary N) is 1. The minimum absolute atomic E-state index is 0.0834. The molecule has 2 rings (SSSR count). The Morgan fingerprint density at radius 3 is 2.11 bits per heavy atom.